The van der Waals surface area contributed by atoms with E-state index in [0.717, 1.165) is 5.56 Å². The molecule has 1 heterocycles. The van der Waals surface area contributed by atoms with Gasteiger partial charge >= 0.3 is 6.18 Å². The highest BCUT2D eigenvalue weighted by Crippen LogP contribution is 2.27. The number of halogens is 3. The SMILES string of the molecule is C=CCONC(=O)c1cccc(Cc2ccc(O/C=C(\OCC)C(F)(F)F)cc2)n1. The van der Waals surface area contributed by atoms with Crippen LogP contribution in [0.5, 0.6) is 5.75 Å². The summed E-state index contributed by atoms with van der Waals surface area (Å²) >= 11 is 0. The summed E-state index contributed by atoms with van der Waals surface area (Å²) in [6.07, 6.45) is -2.18. The molecule has 1 aromatic carbocycles. The Bertz CT molecular complexity index is 881. The predicted molar refractivity (Wildman–Crippen MR) is 103 cm³/mol. The highest BCUT2D eigenvalue weighted by Gasteiger charge is 2.36. The number of carbonyl (C=O) groups excluding carboxylic acids is 1. The summed E-state index contributed by atoms with van der Waals surface area (Å²) in [6.45, 7) is 4.97. The molecule has 2 rings (SSSR count). The summed E-state index contributed by atoms with van der Waals surface area (Å²) in [6, 6.07) is 11.5. The number of allylic oxidation sites excluding steroid dienone is 1. The van der Waals surface area contributed by atoms with Gasteiger partial charge in [0.15, 0.2) is 0 Å². The van der Waals surface area contributed by atoms with Crippen molar-refractivity contribution in [3.63, 3.8) is 0 Å². The number of rotatable bonds is 10. The number of nitrogens with one attached hydrogen (secondary N) is 1. The van der Waals surface area contributed by atoms with Crippen molar-refractivity contribution in [2.45, 2.75) is 19.5 Å². The lowest BCUT2D eigenvalue weighted by Crippen LogP contribution is -2.25. The van der Waals surface area contributed by atoms with E-state index in [1.807, 2.05) is 0 Å². The number of hydrogen-bond donors (Lipinski definition) is 1. The van der Waals surface area contributed by atoms with Crippen molar-refractivity contribution in [1.82, 2.24) is 10.5 Å². The molecule has 0 fully saturated rings. The van der Waals surface area contributed by atoms with Crippen LogP contribution >= 0.6 is 0 Å². The number of amides is 1. The second kappa shape index (κ2) is 11.0. The molecule has 0 aliphatic rings. The Morgan fingerprint density at radius 3 is 2.57 bits per heavy atom. The molecule has 9 heteroatoms. The van der Waals surface area contributed by atoms with E-state index in [1.54, 1.807) is 30.3 Å². The average Bonchev–Trinajstić information content (AvgIpc) is 2.71. The number of hydrogen-bond acceptors (Lipinski definition) is 5. The van der Waals surface area contributed by atoms with Gasteiger partial charge in [0.05, 0.1) is 13.2 Å². The van der Waals surface area contributed by atoms with Crippen molar-refractivity contribution in [3.05, 3.63) is 84.1 Å². The third-order valence-electron chi connectivity index (χ3n) is 3.60. The molecule has 0 spiro atoms. The maximum absolute atomic E-state index is 12.8. The van der Waals surface area contributed by atoms with E-state index in [4.69, 9.17) is 9.57 Å². The van der Waals surface area contributed by atoms with Gasteiger partial charge in [-0.1, -0.05) is 24.3 Å². The van der Waals surface area contributed by atoms with Gasteiger partial charge in [-0.25, -0.2) is 10.5 Å². The monoisotopic (exact) mass is 422 g/mol. The Balaban J connectivity index is 2.01. The lowest BCUT2D eigenvalue weighted by atomic mass is 10.1. The molecule has 0 saturated heterocycles. The molecule has 6 nitrogen and oxygen atoms in total. The van der Waals surface area contributed by atoms with Gasteiger partial charge in [-0.05, 0) is 36.8 Å². The van der Waals surface area contributed by atoms with Crippen LogP contribution in [0.3, 0.4) is 0 Å². The Kier molecular flexibility index (Phi) is 8.42. The van der Waals surface area contributed by atoms with Crippen LogP contribution in [0.15, 0.2) is 67.1 Å². The van der Waals surface area contributed by atoms with Gasteiger partial charge in [0.2, 0.25) is 5.76 Å². The lowest BCUT2D eigenvalue weighted by molar-refractivity contribution is -0.132. The number of nitrogens with zero attached hydrogens (tertiary/aromatic N) is 1. The molecule has 30 heavy (non-hydrogen) atoms. The molecule has 0 radical (unpaired) electrons. The minimum Gasteiger partial charge on any atom is -0.487 e. The zero-order chi connectivity index (χ0) is 22.0. The van der Waals surface area contributed by atoms with E-state index in [1.165, 1.54) is 25.1 Å². The van der Waals surface area contributed by atoms with Crippen LogP contribution < -0.4 is 10.2 Å². The number of carbonyl (C=O) groups is 1. The van der Waals surface area contributed by atoms with Gasteiger partial charge in [-0.15, -0.1) is 6.58 Å². The number of hydroxylamine groups is 1. The van der Waals surface area contributed by atoms with Gasteiger partial charge in [0.25, 0.3) is 5.91 Å². The average molecular weight is 422 g/mol. The summed E-state index contributed by atoms with van der Waals surface area (Å²) in [7, 11) is 0. The standard InChI is InChI=1S/C21H21F3N2O4/c1-3-12-30-26-20(27)18-7-5-6-16(25-18)13-15-8-10-17(11-9-15)29-14-19(28-4-2)21(22,23)24/h3,5-11,14H,1,4,12-13H2,2H3,(H,26,27)/b19-14-. The molecule has 0 bridgehead atoms. The molecule has 1 amide bonds. The zero-order valence-electron chi connectivity index (χ0n) is 16.2. The van der Waals surface area contributed by atoms with Gasteiger partial charge in [0.1, 0.15) is 17.7 Å². The highest BCUT2D eigenvalue weighted by molar-refractivity contribution is 5.91. The second-order valence-corrected chi connectivity index (χ2v) is 5.90. The lowest BCUT2D eigenvalue weighted by Gasteiger charge is -2.12. The zero-order valence-corrected chi connectivity index (χ0v) is 16.2. The molecule has 160 valence electrons. The third-order valence-corrected chi connectivity index (χ3v) is 3.60. The maximum atomic E-state index is 12.8. The van der Waals surface area contributed by atoms with Gasteiger partial charge in [-0.2, -0.15) is 13.2 Å². The molecule has 0 aliphatic heterocycles. The molecule has 0 aliphatic carbocycles. The van der Waals surface area contributed by atoms with Gasteiger partial charge in [-0.3, -0.25) is 9.63 Å². The van der Waals surface area contributed by atoms with E-state index in [9.17, 15) is 18.0 Å². The summed E-state index contributed by atoms with van der Waals surface area (Å²) in [5.74, 6) is -1.46. The van der Waals surface area contributed by atoms with Crippen molar-refractivity contribution in [2.24, 2.45) is 0 Å². The van der Waals surface area contributed by atoms with E-state index < -0.39 is 17.8 Å². The summed E-state index contributed by atoms with van der Waals surface area (Å²) in [4.78, 5) is 21.1. The van der Waals surface area contributed by atoms with Gasteiger partial charge in [0, 0.05) is 12.1 Å². The Hall–Kier alpha value is -3.33. The van der Waals surface area contributed by atoms with Crippen LogP contribution in [-0.2, 0) is 16.0 Å². The number of ether oxygens (including phenoxy) is 2. The Labute approximate surface area is 171 Å². The largest absolute Gasteiger partial charge is 0.487 e. The van der Waals surface area contributed by atoms with Crippen molar-refractivity contribution in [1.29, 1.82) is 0 Å². The third kappa shape index (κ3) is 7.25. The molecule has 2 aromatic rings. The van der Waals surface area contributed by atoms with E-state index >= 15 is 0 Å². The first-order valence-corrected chi connectivity index (χ1v) is 8.98. The van der Waals surface area contributed by atoms with Gasteiger partial charge < -0.3 is 9.47 Å². The molecular formula is C21H21F3N2O4. The molecule has 0 unspecified atom stereocenters. The second-order valence-electron chi connectivity index (χ2n) is 5.90. The summed E-state index contributed by atoms with van der Waals surface area (Å²) in [5.41, 5.74) is 3.92. The Morgan fingerprint density at radius 2 is 1.93 bits per heavy atom. The highest BCUT2D eigenvalue weighted by atomic mass is 19.4. The van der Waals surface area contributed by atoms with Crippen LogP contribution in [0.25, 0.3) is 0 Å². The van der Waals surface area contributed by atoms with E-state index in [0.29, 0.717) is 18.4 Å². The van der Waals surface area contributed by atoms with Crippen LogP contribution in [0.2, 0.25) is 0 Å². The van der Waals surface area contributed by atoms with Crippen molar-refractivity contribution in [2.75, 3.05) is 13.2 Å². The first kappa shape index (κ1) is 23.0. The topological polar surface area (TPSA) is 69.7 Å². The van der Waals surface area contributed by atoms with Crippen LogP contribution in [-0.4, -0.2) is 30.3 Å². The molecular weight excluding hydrogens is 401 g/mol. The molecule has 1 aromatic heterocycles. The summed E-state index contributed by atoms with van der Waals surface area (Å²) in [5, 5.41) is 0. The van der Waals surface area contributed by atoms with Crippen LogP contribution in [0.1, 0.15) is 28.7 Å². The fourth-order valence-electron chi connectivity index (χ4n) is 2.28. The maximum Gasteiger partial charge on any atom is 0.452 e. The number of benzene rings is 1. The smallest absolute Gasteiger partial charge is 0.452 e. The molecule has 1 N–H and O–H groups in total. The van der Waals surface area contributed by atoms with Crippen LogP contribution in [0.4, 0.5) is 13.2 Å². The number of alkyl halides is 3. The summed E-state index contributed by atoms with van der Waals surface area (Å²) < 4.78 is 47.9. The van der Waals surface area contributed by atoms with Crippen molar-refractivity contribution < 1.29 is 32.3 Å². The predicted octanol–water partition coefficient (Wildman–Crippen LogP) is 4.34. The van der Waals surface area contributed by atoms with Crippen LogP contribution in [0, 0.1) is 0 Å². The van der Waals surface area contributed by atoms with E-state index in [2.05, 4.69) is 21.8 Å². The fourth-order valence-corrected chi connectivity index (χ4v) is 2.28. The molecule has 0 saturated carbocycles. The van der Waals surface area contributed by atoms with Crippen molar-refractivity contribution >= 4 is 5.91 Å². The first-order chi connectivity index (χ1) is 14.3. The number of aromatic nitrogens is 1. The Morgan fingerprint density at radius 1 is 1.20 bits per heavy atom. The number of pyridine rings is 1. The fraction of sp³-hybridized carbons (Fsp3) is 0.238. The minimum absolute atomic E-state index is 0.127. The van der Waals surface area contributed by atoms with E-state index in [-0.39, 0.29) is 24.7 Å². The quantitative estimate of drug-likeness (QED) is 0.267. The normalized spacial score (nSPS) is 11.7. The van der Waals surface area contributed by atoms with Crippen molar-refractivity contribution in [3.8, 4) is 5.75 Å². The first-order valence-electron chi connectivity index (χ1n) is 8.98. The minimum atomic E-state index is -4.63. The molecule has 0 atom stereocenters.